The van der Waals surface area contributed by atoms with Gasteiger partial charge in [-0.1, -0.05) is 23.8 Å². The predicted molar refractivity (Wildman–Crippen MR) is 126 cm³/mol. The number of ether oxygens (including phenoxy) is 1. The summed E-state index contributed by atoms with van der Waals surface area (Å²) >= 11 is 1.56. The van der Waals surface area contributed by atoms with E-state index in [0.717, 1.165) is 26.3 Å². The summed E-state index contributed by atoms with van der Waals surface area (Å²) in [6, 6.07) is 19.2. The van der Waals surface area contributed by atoms with E-state index >= 15 is 0 Å². The van der Waals surface area contributed by atoms with Gasteiger partial charge in [0.15, 0.2) is 5.43 Å². The quantitative estimate of drug-likeness (QED) is 0.380. The number of aliphatic hydroxyl groups is 2. The lowest BCUT2D eigenvalue weighted by atomic mass is 9.93. The molecule has 0 aliphatic carbocycles. The lowest BCUT2D eigenvalue weighted by Crippen LogP contribution is -2.47. The molecule has 4 rings (SSSR count). The molecule has 1 aromatic heterocycles. The summed E-state index contributed by atoms with van der Waals surface area (Å²) < 4.78 is 7.76. The van der Waals surface area contributed by atoms with Crippen LogP contribution in [-0.4, -0.2) is 29.0 Å². The Morgan fingerprint density at radius 3 is 2.19 bits per heavy atom. The lowest BCUT2D eigenvalue weighted by molar-refractivity contribution is 0.115. The van der Waals surface area contributed by atoms with Gasteiger partial charge < -0.3 is 20.7 Å². The van der Waals surface area contributed by atoms with E-state index in [2.05, 4.69) is 0 Å². The molecule has 4 aromatic rings. The number of aliphatic hydroxyl groups excluding tert-OH is 2. The first-order chi connectivity index (χ1) is 14.9. The van der Waals surface area contributed by atoms with Crippen LogP contribution in [0.25, 0.3) is 20.2 Å². The zero-order chi connectivity index (χ0) is 22.0. The van der Waals surface area contributed by atoms with Crippen LogP contribution < -0.4 is 15.9 Å². The summed E-state index contributed by atoms with van der Waals surface area (Å²) in [4.78, 5) is 13.2. The average molecular weight is 436 g/mol. The van der Waals surface area contributed by atoms with Crippen LogP contribution in [0.3, 0.4) is 0 Å². The maximum Gasteiger partial charge on any atom is 0.196 e. The number of benzene rings is 3. The third-order valence-electron chi connectivity index (χ3n) is 5.50. The molecule has 0 atom stereocenters. The van der Waals surface area contributed by atoms with Crippen molar-refractivity contribution in [3.05, 3.63) is 82.0 Å². The van der Waals surface area contributed by atoms with Crippen LogP contribution in [0.1, 0.15) is 17.5 Å². The van der Waals surface area contributed by atoms with E-state index in [4.69, 9.17) is 10.5 Å². The van der Waals surface area contributed by atoms with E-state index in [-0.39, 0.29) is 18.6 Å². The molecule has 3 aromatic carbocycles. The molecule has 0 spiro atoms. The summed E-state index contributed by atoms with van der Waals surface area (Å²) in [5.74, 6) is 1.34. The second-order valence-electron chi connectivity index (χ2n) is 8.01. The Bertz CT molecular complexity index is 1280. The van der Waals surface area contributed by atoms with Crippen LogP contribution in [0.2, 0.25) is 0 Å². The van der Waals surface area contributed by atoms with Crippen molar-refractivity contribution < 1.29 is 14.9 Å². The molecule has 0 bridgehead atoms. The highest BCUT2D eigenvalue weighted by atomic mass is 32.1. The molecule has 0 aliphatic heterocycles. The van der Waals surface area contributed by atoms with E-state index < -0.39 is 5.54 Å². The predicted octanol–water partition coefficient (Wildman–Crippen LogP) is 4.13. The minimum Gasteiger partial charge on any atom is -0.457 e. The monoisotopic (exact) mass is 435 g/mol. The van der Waals surface area contributed by atoms with Crippen molar-refractivity contribution in [2.75, 3.05) is 13.2 Å². The summed E-state index contributed by atoms with van der Waals surface area (Å²) in [5.41, 5.74) is 7.01. The minimum absolute atomic E-state index is 0.0386. The second-order valence-corrected chi connectivity index (χ2v) is 9.10. The van der Waals surface area contributed by atoms with Gasteiger partial charge in [0.25, 0.3) is 0 Å². The molecule has 0 unspecified atom stereocenters. The van der Waals surface area contributed by atoms with Crippen molar-refractivity contribution in [3.8, 4) is 11.5 Å². The van der Waals surface area contributed by atoms with Crippen molar-refractivity contribution in [2.24, 2.45) is 5.73 Å². The van der Waals surface area contributed by atoms with Crippen molar-refractivity contribution in [1.29, 1.82) is 0 Å². The molecular formula is C25H25NO4S. The molecule has 0 fully saturated rings. The summed E-state index contributed by atoms with van der Waals surface area (Å²) in [6.45, 7) is 1.44. The van der Waals surface area contributed by atoms with Gasteiger partial charge in [0.2, 0.25) is 0 Å². The molecule has 0 aliphatic rings. The first kappa shape index (κ1) is 21.5. The number of aryl methyl sites for hydroxylation is 2. The highest BCUT2D eigenvalue weighted by molar-refractivity contribution is 7.24. The van der Waals surface area contributed by atoms with Gasteiger partial charge in [-0.25, -0.2) is 0 Å². The van der Waals surface area contributed by atoms with Gasteiger partial charge in [-0.2, -0.15) is 0 Å². The van der Waals surface area contributed by atoms with Gasteiger partial charge in [0.05, 0.1) is 18.8 Å². The normalized spacial score (nSPS) is 11.9. The molecule has 0 radical (unpaired) electrons. The van der Waals surface area contributed by atoms with Crippen LogP contribution in [0, 0.1) is 6.92 Å². The lowest BCUT2D eigenvalue weighted by Gasteiger charge is -2.24. The van der Waals surface area contributed by atoms with E-state index in [9.17, 15) is 15.0 Å². The number of hydrogen-bond donors (Lipinski definition) is 3. The minimum atomic E-state index is -1.02. The number of nitrogens with two attached hydrogens (primary N) is 1. The Hall–Kier alpha value is -2.77. The van der Waals surface area contributed by atoms with E-state index in [1.54, 1.807) is 17.4 Å². The van der Waals surface area contributed by atoms with Crippen molar-refractivity contribution >= 4 is 31.5 Å². The molecule has 0 amide bonds. The zero-order valence-corrected chi connectivity index (χ0v) is 18.1. The van der Waals surface area contributed by atoms with Crippen molar-refractivity contribution in [1.82, 2.24) is 0 Å². The molecule has 31 heavy (non-hydrogen) atoms. The fraction of sp³-hybridized carbons (Fsp3) is 0.240. The third-order valence-corrected chi connectivity index (χ3v) is 6.65. The topological polar surface area (TPSA) is 92.8 Å². The van der Waals surface area contributed by atoms with Crippen molar-refractivity contribution in [2.45, 2.75) is 25.3 Å². The molecule has 6 heteroatoms. The van der Waals surface area contributed by atoms with Gasteiger partial charge in [-0.3, -0.25) is 4.79 Å². The van der Waals surface area contributed by atoms with E-state index in [0.29, 0.717) is 29.4 Å². The van der Waals surface area contributed by atoms with Crippen LogP contribution in [-0.2, 0) is 6.42 Å². The summed E-state index contributed by atoms with van der Waals surface area (Å²) in [5, 5.41) is 20.1. The average Bonchev–Trinajstić information content (AvgIpc) is 2.80. The molecule has 1 heterocycles. The first-order valence-electron chi connectivity index (χ1n) is 10.2. The van der Waals surface area contributed by atoms with E-state index in [1.165, 1.54) is 0 Å². The zero-order valence-electron chi connectivity index (χ0n) is 17.3. The van der Waals surface area contributed by atoms with Gasteiger partial charge in [0.1, 0.15) is 11.5 Å². The van der Waals surface area contributed by atoms with Crippen molar-refractivity contribution in [3.63, 3.8) is 0 Å². The molecule has 4 N–H and O–H groups in total. The standard InChI is InChI=1S/C25H25NO4S/c1-16-2-5-18(6-3-16)30-19-7-9-23-21(13-19)24(29)20-12-17(4-8-22(20)31-23)10-11-25(26,14-27)15-28/h2-9,12-13,27-28H,10-11,14-15,26H2,1H3. The van der Waals surface area contributed by atoms with Crippen LogP contribution in [0.4, 0.5) is 0 Å². The van der Waals surface area contributed by atoms with Gasteiger partial charge in [-0.05, 0) is 67.8 Å². The van der Waals surface area contributed by atoms with Crippen LogP contribution >= 0.6 is 11.3 Å². The fourth-order valence-corrected chi connectivity index (χ4v) is 4.48. The number of rotatable bonds is 7. The Morgan fingerprint density at radius 2 is 1.52 bits per heavy atom. The highest BCUT2D eigenvalue weighted by Gasteiger charge is 2.22. The van der Waals surface area contributed by atoms with Crippen LogP contribution in [0.5, 0.6) is 11.5 Å². The molecule has 0 saturated carbocycles. The van der Waals surface area contributed by atoms with Gasteiger partial charge >= 0.3 is 0 Å². The Labute approximate surface area is 184 Å². The Kier molecular flexibility index (Phi) is 6.07. The Balaban J connectivity index is 1.68. The summed E-state index contributed by atoms with van der Waals surface area (Å²) in [6.07, 6.45) is 0.984. The summed E-state index contributed by atoms with van der Waals surface area (Å²) in [7, 11) is 0. The number of hydrogen-bond acceptors (Lipinski definition) is 6. The third kappa shape index (κ3) is 4.62. The maximum absolute atomic E-state index is 13.2. The van der Waals surface area contributed by atoms with Crippen LogP contribution in [0.15, 0.2) is 65.5 Å². The SMILES string of the molecule is Cc1ccc(Oc2ccc3sc4ccc(CCC(N)(CO)CO)cc4c(=O)c3c2)cc1. The molecule has 0 saturated heterocycles. The van der Waals surface area contributed by atoms with Gasteiger partial charge in [-0.15, -0.1) is 11.3 Å². The number of fused-ring (bicyclic) bond motifs is 2. The maximum atomic E-state index is 13.2. The smallest absolute Gasteiger partial charge is 0.196 e. The van der Waals surface area contributed by atoms with E-state index in [1.807, 2.05) is 61.5 Å². The first-order valence-corrected chi connectivity index (χ1v) is 11.0. The fourth-order valence-electron chi connectivity index (χ4n) is 3.45. The molecule has 160 valence electrons. The van der Waals surface area contributed by atoms with Gasteiger partial charge in [0, 0.05) is 20.2 Å². The highest BCUT2D eigenvalue weighted by Crippen LogP contribution is 2.30. The second kappa shape index (κ2) is 8.77. The largest absolute Gasteiger partial charge is 0.457 e. The molecule has 5 nitrogen and oxygen atoms in total. The Morgan fingerprint density at radius 1 is 0.903 bits per heavy atom. The molecular weight excluding hydrogens is 410 g/mol.